The van der Waals surface area contributed by atoms with E-state index in [4.69, 9.17) is 5.11 Å². The van der Waals surface area contributed by atoms with Crippen LogP contribution in [0.2, 0.25) is 0 Å². The molecular formula is C11H10BrNO3. The average molecular weight is 284 g/mol. The molecule has 16 heavy (non-hydrogen) atoms. The number of halogens is 1. The molecular weight excluding hydrogens is 274 g/mol. The Morgan fingerprint density at radius 3 is 2.62 bits per heavy atom. The number of nitrogens with zero attached hydrogens (tertiary/aromatic N) is 1. The standard InChI is InChI=1S/C11H10BrNO3/c1-5-8-7(4-3-6(12)10(8)14)13(2)9(5)11(15)16/h3-4,14H,1-2H3,(H,15,16). The third-order valence-electron chi connectivity index (χ3n) is 2.74. The van der Waals surface area contributed by atoms with Crippen LogP contribution in [-0.4, -0.2) is 20.7 Å². The maximum absolute atomic E-state index is 11.1. The lowest BCUT2D eigenvalue weighted by Gasteiger charge is -2.00. The zero-order valence-electron chi connectivity index (χ0n) is 8.78. The van der Waals surface area contributed by atoms with Gasteiger partial charge in [0.1, 0.15) is 11.4 Å². The van der Waals surface area contributed by atoms with Gasteiger partial charge in [-0.25, -0.2) is 4.79 Å². The van der Waals surface area contributed by atoms with Crippen LogP contribution in [-0.2, 0) is 7.05 Å². The fourth-order valence-corrected chi connectivity index (χ4v) is 2.33. The fourth-order valence-electron chi connectivity index (χ4n) is 2.00. The molecule has 1 aromatic heterocycles. The highest BCUT2D eigenvalue weighted by Crippen LogP contribution is 2.37. The molecule has 4 nitrogen and oxygen atoms in total. The molecule has 0 unspecified atom stereocenters. The van der Waals surface area contributed by atoms with Gasteiger partial charge in [0.2, 0.25) is 0 Å². The highest BCUT2D eigenvalue weighted by molar-refractivity contribution is 9.10. The van der Waals surface area contributed by atoms with Crippen LogP contribution >= 0.6 is 15.9 Å². The van der Waals surface area contributed by atoms with Gasteiger partial charge in [-0.1, -0.05) is 0 Å². The van der Waals surface area contributed by atoms with Crippen molar-refractivity contribution in [1.29, 1.82) is 0 Å². The number of carbonyl (C=O) groups is 1. The Bertz CT molecular complexity index is 601. The Kier molecular flexibility index (Phi) is 2.42. The van der Waals surface area contributed by atoms with Gasteiger partial charge in [-0.05, 0) is 40.5 Å². The molecule has 0 saturated heterocycles. The van der Waals surface area contributed by atoms with Crippen LogP contribution in [0.5, 0.6) is 5.75 Å². The fraction of sp³-hybridized carbons (Fsp3) is 0.182. The summed E-state index contributed by atoms with van der Waals surface area (Å²) in [6.45, 7) is 1.69. The molecule has 0 aliphatic rings. The Morgan fingerprint density at radius 1 is 1.44 bits per heavy atom. The number of carboxylic acid groups (broad SMARTS) is 1. The lowest BCUT2D eigenvalue weighted by Crippen LogP contribution is -2.05. The number of aryl methyl sites for hydroxylation is 2. The van der Waals surface area contributed by atoms with Crippen LogP contribution in [0.4, 0.5) is 0 Å². The number of carboxylic acids is 1. The number of rotatable bonds is 1. The quantitative estimate of drug-likeness (QED) is 0.846. The second-order valence-electron chi connectivity index (χ2n) is 3.63. The molecule has 0 spiro atoms. The van der Waals surface area contributed by atoms with Crippen LogP contribution in [0.3, 0.4) is 0 Å². The highest BCUT2D eigenvalue weighted by Gasteiger charge is 2.20. The molecule has 2 rings (SSSR count). The van der Waals surface area contributed by atoms with Crippen LogP contribution in [0, 0.1) is 6.92 Å². The van der Waals surface area contributed by atoms with Crippen LogP contribution in [0.25, 0.3) is 10.9 Å². The summed E-state index contributed by atoms with van der Waals surface area (Å²) in [7, 11) is 1.67. The molecule has 84 valence electrons. The minimum Gasteiger partial charge on any atom is -0.506 e. The van der Waals surface area contributed by atoms with Crippen molar-refractivity contribution in [1.82, 2.24) is 4.57 Å². The Labute approximate surface area is 100 Å². The number of aromatic carboxylic acids is 1. The second kappa shape index (κ2) is 3.52. The second-order valence-corrected chi connectivity index (χ2v) is 4.48. The maximum atomic E-state index is 11.1. The lowest BCUT2D eigenvalue weighted by molar-refractivity contribution is 0.0686. The lowest BCUT2D eigenvalue weighted by atomic mass is 10.1. The normalized spacial score (nSPS) is 10.9. The highest BCUT2D eigenvalue weighted by atomic mass is 79.9. The predicted octanol–water partition coefficient (Wildman–Crippen LogP) is 2.65. The van der Waals surface area contributed by atoms with Crippen molar-refractivity contribution >= 4 is 32.8 Å². The number of hydrogen-bond donors (Lipinski definition) is 2. The van der Waals surface area contributed by atoms with Crippen LogP contribution in [0.15, 0.2) is 16.6 Å². The first-order valence-electron chi connectivity index (χ1n) is 4.65. The van der Waals surface area contributed by atoms with Crippen molar-refractivity contribution in [3.05, 3.63) is 27.9 Å². The summed E-state index contributed by atoms with van der Waals surface area (Å²) in [6.07, 6.45) is 0. The van der Waals surface area contributed by atoms with Gasteiger partial charge in [-0.2, -0.15) is 0 Å². The van der Waals surface area contributed by atoms with Gasteiger partial charge >= 0.3 is 5.97 Å². The van der Waals surface area contributed by atoms with Crippen LogP contribution in [0.1, 0.15) is 16.1 Å². The molecule has 1 heterocycles. The summed E-state index contributed by atoms with van der Waals surface area (Å²) in [5.74, 6) is -0.912. The summed E-state index contributed by atoms with van der Waals surface area (Å²) in [6, 6.07) is 3.47. The van der Waals surface area contributed by atoms with E-state index < -0.39 is 5.97 Å². The molecule has 2 aromatic rings. The van der Waals surface area contributed by atoms with Gasteiger partial charge in [-0.15, -0.1) is 0 Å². The van der Waals surface area contributed by atoms with Crippen molar-refractivity contribution < 1.29 is 15.0 Å². The third-order valence-corrected chi connectivity index (χ3v) is 3.38. The molecule has 2 N–H and O–H groups in total. The smallest absolute Gasteiger partial charge is 0.352 e. The first-order chi connectivity index (χ1) is 7.45. The van der Waals surface area contributed by atoms with Crippen LogP contribution < -0.4 is 0 Å². The van der Waals surface area contributed by atoms with Crippen molar-refractivity contribution in [2.45, 2.75) is 6.92 Å². The van der Waals surface area contributed by atoms with E-state index in [1.54, 1.807) is 30.7 Å². The largest absolute Gasteiger partial charge is 0.506 e. The predicted molar refractivity (Wildman–Crippen MR) is 64.0 cm³/mol. The Morgan fingerprint density at radius 2 is 2.06 bits per heavy atom. The number of aromatic nitrogens is 1. The van der Waals surface area contributed by atoms with Crippen molar-refractivity contribution in [3.63, 3.8) is 0 Å². The number of phenols is 1. The van der Waals surface area contributed by atoms with E-state index in [1.807, 2.05) is 0 Å². The Balaban J connectivity index is 3.00. The molecule has 0 aliphatic heterocycles. The van der Waals surface area contributed by atoms with Gasteiger partial charge in [-0.3, -0.25) is 0 Å². The summed E-state index contributed by atoms with van der Waals surface area (Å²) in [4.78, 5) is 11.1. The molecule has 0 fully saturated rings. The number of phenolic OH excluding ortho intramolecular Hbond substituents is 1. The monoisotopic (exact) mass is 283 g/mol. The number of aromatic hydroxyl groups is 1. The molecule has 1 aromatic carbocycles. The van der Waals surface area contributed by atoms with E-state index in [0.29, 0.717) is 20.9 Å². The van der Waals surface area contributed by atoms with Gasteiger partial charge in [0, 0.05) is 12.4 Å². The van der Waals surface area contributed by atoms with E-state index in [1.165, 1.54) is 0 Å². The molecule has 0 bridgehead atoms. The minimum atomic E-state index is -0.994. The molecule has 0 atom stereocenters. The minimum absolute atomic E-state index is 0.0816. The summed E-state index contributed by atoms with van der Waals surface area (Å²) < 4.78 is 2.13. The van der Waals surface area contributed by atoms with Gasteiger partial charge in [0.05, 0.1) is 9.99 Å². The van der Waals surface area contributed by atoms with E-state index in [-0.39, 0.29) is 11.4 Å². The zero-order chi connectivity index (χ0) is 12.0. The first kappa shape index (κ1) is 11.0. The van der Waals surface area contributed by atoms with Crippen molar-refractivity contribution in [2.75, 3.05) is 0 Å². The topological polar surface area (TPSA) is 62.5 Å². The number of benzene rings is 1. The zero-order valence-corrected chi connectivity index (χ0v) is 10.4. The van der Waals surface area contributed by atoms with E-state index in [0.717, 1.165) is 0 Å². The average Bonchev–Trinajstić information content (AvgIpc) is 2.45. The van der Waals surface area contributed by atoms with Crippen molar-refractivity contribution in [3.8, 4) is 5.75 Å². The van der Waals surface area contributed by atoms with E-state index in [2.05, 4.69) is 15.9 Å². The number of fused-ring (bicyclic) bond motifs is 1. The number of hydrogen-bond acceptors (Lipinski definition) is 2. The SMILES string of the molecule is Cc1c(C(=O)O)n(C)c2ccc(Br)c(O)c12. The third kappa shape index (κ3) is 1.31. The molecule has 0 radical (unpaired) electrons. The van der Waals surface area contributed by atoms with E-state index >= 15 is 0 Å². The Hall–Kier alpha value is -1.49. The summed E-state index contributed by atoms with van der Waals surface area (Å²) >= 11 is 3.21. The summed E-state index contributed by atoms with van der Waals surface area (Å²) in [5, 5.41) is 19.6. The molecule has 5 heteroatoms. The first-order valence-corrected chi connectivity index (χ1v) is 5.44. The molecule has 0 amide bonds. The van der Waals surface area contributed by atoms with Crippen molar-refractivity contribution in [2.24, 2.45) is 7.05 Å². The maximum Gasteiger partial charge on any atom is 0.352 e. The molecule has 0 aliphatic carbocycles. The summed E-state index contributed by atoms with van der Waals surface area (Å²) in [5.41, 5.74) is 1.47. The van der Waals surface area contributed by atoms with E-state index in [9.17, 15) is 9.90 Å². The van der Waals surface area contributed by atoms with Gasteiger partial charge < -0.3 is 14.8 Å². The molecule has 0 saturated carbocycles. The van der Waals surface area contributed by atoms with Gasteiger partial charge in [0.25, 0.3) is 0 Å². The van der Waals surface area contributed by atoms with Gasteiger partial charge in [0.15, 0.2) is 0 Å².